The standard InChI is InChI=1S/C24H30F3N6O5PS.C12H20NO3P.2C9H15N3O2S.C8H13N3O2S.C5HCl2F3N2.2C5H3F3N2.CH3Cl/c1-5-37-39(34,38-6-2)16-17-9-11-19(12-10-17)31-23-30-15-20(24(25,26)27)21(32-23)29-14-18-8-7-13-28-22(18)33(3)40(4,35)36;1-4-15-17(14,16-5-2)10-11-6-8-12(13-3)9-7-11;2*1-10-7-8-5-4-6-11-9(8)12(2)15(3,13)14;1-11(14(2,12)13)8-7(6-9)4-3-5-10-8;6-3-2(5(8,9)10)1-11-4(7)12-3;2*6-5(7,8)4-1-9-3-10-2-4;1-2/h7-13,15H,5-6,14,16H2,1-4H3,(H2,29,30,31,32);6-9,13H,4-5,10H2,1-3H3;2*4-6,10H,7H2,1-3H3;3-5H,6,9H2,1-2H3;1H;2*1-3H;1H3. The van der Waals surface area contributed by atoms with E-state index in [9.17, 15) is 95.5 Å². The highest BCUT2D eigenvalue weighted by atomic mass is 35.5. The number of hydrogen-bond acceptors (Lipinski definition) is 32. The first-order valence-corrected chi connectivity index (χ1v) is 51.1. The normalized spacial score (nSPS) is 11.6. The number of pyridine rings is 4. The topological polar surface area (TPSA) is 461 Å². The maximum atomic E-state index is 13.7. The van der Waals surface area contributed by atoms with Gasteiger partial charge >= 0.3 is 39.9 Å². The van der Waals surface area contributed by atoms with E-state index in [1.165, 1.54) is 55.6 Å². The Morgan fingerprint density at radius 1 is 0.415 bits per heavy atom. The molecule has 748 valence electrons. The van der Waals surface area contributed by atoms with Crippen molar-refractivity contribution in [3.05, 3.63) is 238 Å². The first kappa shape index (κ1) is 121. The van der Waals surface area contributed by atoms with Crippen LogP contribution in [0.2, 0.25) is 10.4 Å². The van der Waals surface area contributed by atoms with Gasteiger partial charge in [-0.3, -0.25) is 26.4 Å². The van der Waals surface area contributed by atoms with Gasteiger partial charge in [0.05, 0.1) is 74.9 Å². The van der Waals surface area contributed by atoms with E-state index in [2.05, 4.69) is 98.0 Å². The minimum absolute atomic E-state index is 0.0602. The smallest absolute Gasteiger partial charge is 0.388 e. The molecule has 0 unspecified atom stereocenters. The van der Waals surface area contributed by atoms with Crippen LogP contribution in [0.4, 0.5) is 99.1 Å². The number of nitrogens with zero attached hydrogens (tertiary/aromatic N) is 16. The Bertz CT molecular complexity index is 5690. The molecule has 10 rings (SSSR count). The Labute approximate surface area is 790 Å². The number of anilines is 8. The molecule has 0 atom stereocenters. The molecule has 8 aromatic heterocycles. The highest BCUT2D eigenvalue weighted by Crippen LogP contribution is 2.52. The van der Waals surface area contributed by atoms with Crippen LogP contribution in [-0.2, 0) is 131 Å². The average molecular weight is 2100 g/mol. The van der Waals surface area contributed by atoms with Crippen molar-refractivity contribution in [3.63, 3.8) is 0 Å². The molecule has 0 aliphatic carbocycles. The third kappa shape index (κ3) is 43.9. The lowest BCUT2D eigenvalue weighted by molar-refractivity contribution is -0.138. The number of alkyl halides is 13. The molecular formula is C78H103Cl3F12N22O14P2S4. The second-order valence-corrected chi connectivity index (χ2v) is 39.4. The molecule has 7 N–H and O–H groups in total. The van der Waals surface area contributed by atoms with Crippen LogP contribution in [0, 0.1) is 0 Å². The van der Waals surface area contributed by atoms with Crippen LogP contribution in [0.5, 0.6) is 0 Å². The molecule has 0 saturated heterocycles. The fourth-order valence-electron chi connectivity index (χ4n) is 9.91. The maximum Gasteiger partial charge on any atom is 0.421 e. The minimum atomic E-state index is -4.75. The predicted molar refractivity (Wildman–Crippen MR) is 495 cm³/mol. The highest BCUT2D eigenvalue weighted by Gasteiger charge is 2.38. The number of aromatic nitrogens is 12. The third-order valence-electron chi connectivity index (χ3n) is 16.5. The van der Waals surface area contributed by atoms with Gasteiger partial charge in [-0.15, -0.1) is 11.6 Å². The first-order valence-electron chi connectivity index (χ1n) is 38.8. The molecule has 8 heterocycles. The lowest BCUT2D eigenvalue weighted by atomic mass is 10.2. The number of sulfonamides is 4. The zero-order valence-corrected chi connectivity index (χ0v) is 82.7. The van der Waals surface area contributed by atoms with Gasteiger partial charge in [0.1, 0.15) is 58.0 Å². The summed E-state index contributed by atoms with van der Waals surface area (Å²) in [5.74, 6) is 0.767. The molecule has 0 spiro atoms. The summed E-state index contributed by atoms with van der Waals surface area (Å²) in [7, 11) is -8.51. The largest absolute Gasteiger partial charge is 0.421 e. The zero-order valence-electron chi connectivity index (χ0n) is 75.4. The fourth-order valence-corrected chi connectivity index (χ4v) is 15.6. The fraction of sp³-hybridized carbons (Fsp3) is 0.385. The predicted octanol–water partition coefficient (Wildman–Crippen LogP) is 15.9. The molecule has 135 heavy (non-hydrogen) atoms. The van der Waals surface area contributed by atoms with E-state index < -0.39 is 113 Å². The Balaban J connectivity index is 0.000000552. The molecule has 0 saturated carbocycles. The van der Waals surface area contributed by atoms with Crippen molar-refractivity contribution < 1.29 is 114 Å². The molecule has 0 aliphatic heterocycles. The van der Waals surface area contributed by atoms with E-state index in [-0.39, 0.29) is 49.5 Å². The Morgan fingerprint density at radius 3 is 1.01 bits per heavy atom. The summed E-state index contributed by atoms with van der Waals surface area (Å²) in [4.78, 5) is 43.2. The Hall–Kier alpha value is -10.0. The van der Waals surface area contributed by atoms with Crippen LogP contribution in [0.3, 0.4) is 0 Å². The van der Waals surface area contributed by atoms with Crippen LogP contribution in [0.25, 0.3) is 0 Å². The van der Waals surface area contributed by atoms with E-state index in [0.29, 0.717) is 84.7 Å². The van der Waals surface area contributed by atoms with E-state index in [1.54, 1.807) is 101 Å². The quantitative estimate of drug-likeness (QED) is 0.00772. The van der Waals surface area contributed by atoms with Crippen molar-refractivity contribution in [1.82, 2.24) is 70.4 Å². The molecule has 2 aromatic carbocycles. The summed E-state index contributed by atoms with van der Waals surface area (Å²) in [5.41, 5.74) is 7.52. The van der Waals surface area contributed by atoms with Gasteiger partial charge in [-0.05, 0) is 113 Å². The van der Waals surface area contributed by atoms with E-state index >= 15 is 0 Å². The molecule has 57 heteroatoms. The van der Waals surface area contributed by atoms with E-state index in [1.807, 2.05) is 57.3 Å². The summed E-state index contributed by atoms with van der Waals surface area (Å²) >= 11 is 15.0. The monoisotopic (exact) mass is 2090 g/mol. The van der Waals surface area contributed by atoms with Crippen molar-refractivity contribution >= 4 is 136 Å². The van der Waals surface area contributed by atoms with Crippen LogP contribution >= 0.6 is 50.0 Å². The molecule has 0 aliphatic rings. The summed E-state index contributed by atoms with van der Waals surface area (Å²) in [6.07, 6.45) is 0.617. The van der Waals surface area contributed by atoms with Gasteiger partial charge in [0.2, 0.25) is 51.3 Å². The van der Waals surface area contributed by atoms with Gasteiger partial charge in [0.25, 0.3) is 0 Å². The number of halogens is 15. The van der Waals surface area contributed by atoms with Crippen molar-refractivity contribution in [2.24, 2.45) is 5.73 Å². The van der Waals surface area contributed by atoms with Crippen molar-refractivity contribution in [2.45, 2.75) is 90.9 Å². The molecule has 10 aromatic rings. The number of rotatable bonds is 31. The van der Waals surface area contributed by atoms with Crippen molar-refractivity contribution in [2.75, 3.05) is 140 Å². The molecule has 0 fully saturated rings. The van der Waals surface area contributed by atoms with Gasteiger partial charge in [-0.1, -0.05) is 60.1 Å². The Kier molecular flexibility index (Phi) is 51.3. The van der Waals surface area contributed by atoms with Crippen LogP contribution < -0.4 is 49.5 Å². The van der Waals surface area contributed by atoms with Gasteiger partial charge in [0.15, 0.2) is 0 Å². The number of hydrogen-bond donors (Lipinski definition) is 6. The lowest BCUT2D eigenvalue weighted by Crippen LogP contribution is -2.27. The summed E-state index contributed by atoms with van der Waals surface area (Å²) in [6, 6.07) is 28.2. The van der Waals surface area contributed by atoms with Gasteiger partial charge in [0, 0.05) is 163 Å². The van der Waals surface area contributed by atoms with Gasteiger partial charge < -0.3 is 50.4 Å². The van der Waals surface area contributed by atoms with Gasteiger partial charge in [-0.2, -0.15) is 57.7 Å². The molecule has 0 amide bonds. The minimum Gasteiger partial charge on any atom is -0.388 e. The van der Waals surface area contributed by atoms with Crippen LogP contribution in [0.15, 0.2) is 172 Å². The summed E-state index contributed by atoms with van der Waals surface area (Å²) in [5, 5.41) is 13.5. The summed E-state index contributed by atoms with van der Waals surface area (Å²) in [6.45, 7) is 9.56. The highest BCUT2D eigenvalue weighted by molar-refractivity contribution is 7.92. The van der Waals surface area contributed by atoms with Crippen LogP contribution in [-0.4, -0.2) is 201 Å². The average Bonchev–Trinajstić information content (AvgIpc) is 0.797. The number of benzene rings is 2. The molecule has 36 nitrogen and oxygen atoms in total. The zero-order chi connectivity index (χ0) is 103. The van der Waals surface area contributed by atoms with E-state index in [0.717, 1.165) is 93.5 Å². The van der Waals surface area contributed by atoms with E-state index in [4.69, 9.17) is 47.0 Å². The van der Waals surface area contributed by atoms with Crippen molar-refractivity contribution in [3.8, 4) is 0 Å². The summed E-state index contributed by atoms with van der Waals surface area (Å²) < 4.78 is 290. The SMILES string of the molecule is CCOP(=O)(Cc1ccc(NC)cc1)OCC.CCOP(=O)(Cc1ccc(Nc2ncc(C(F)(F)F)c(NCc3cccnc3N(C)S(C)(=O)=O)n2)cc1)OCC.CCl.CN(c1ncccc1CN)S(C)(=O)=O.CNCc1cccnc1N(C)S(C)(=O)=O.CNCc1cccnc1N(C)S(C)(=O)=O.FC(F)(F)c1cnc(Cl)nc1Cl.FC(F)(F)c1cncnc1.FC(F)(F)c1cncnc1. The van der Waals surface area contributed by atoms with Crippen LogP contribution in [0.1, 0.15) is 83.3 Å². The third-order valence-corrected chi connectivity index (χ3v) is 25.7. The van der Waals surface area contributed by atoms with Crippen molar-refractivity contribution in [1.29, 1.82) is 0 Å². The first-order chi connectivity index (χ1) is 62.9. The number of nitrogens with one attached hydrogen (secondary N) is 5. The number of nitrogens with two attached hydrogens (primary N) is 1. The second-order valence-electron chi connectivity index (χ2n) is 26.5. The second kappa shape index (κ2) is 57.2. The molecule has 0 radical (unpaired) electrons. The Morgan fingerprint density at radius 2 is 0.726 bits per heavy atom. The maximum absolute atomic E-state index is 13.7. The molecular weight excluding hydrogens is 1990 g/mol. The molecule has 0 bridgehead atoms. The lowest BCUT2D eigenvalue weighted by Gasteiger charge is -2.20. The van der Waals surface area contributed by atoms with Gasteiger partial charge in [-0.25, -0.2) is 88.5 Å².